The van der Waals surface area contributed by atoms with E-state index in [1.807, 2.05) is 6.92 Å². The molecule has 0 radical (unpaired) electrons. The summed E-state index contributed by atoms with van der Waals surface area (Å²) in [4.78, 5) is 30.8. The van der Waals surface area contributed by atoms with Crippen LogP contribution in [0.3, 0.4) is 0 Å². The predicted octanol–water partition coefficient (Wildman–Crippen LogP) is 0.900. The SMILES string of the molecule is CCCNC(=O)CCNc1cc(C)nc(C(=O)OC)n1. The second kappa shape index (κ2) is 8.08. The molecule has 20 heavy (non-hydrogen) atoms. The lowest BCUT2D eigenvalue weighted by Gasteiger charge is -2.08. The van der Waals surface area contributed by atoms with E-state index >= 15 is 0 Å². The zero-order valence-electron chi connectivity index (χ0n) is 12.0. The Morgan fingerprint density at radius 3 is 2.70 bits per heavy atom. The monoisotopic (exact) mass is 280 g/mol. The average molecular weight is 280 g/mol. The van der Waals surface area contributed by atoms with Gasteiger partial charge in [0, 0.05) is 31.3 Å². The third-order valence-corrected chi connectivity index (χ3v) is 2.45. The van der Waals surface area contributed by atoms with Gasteiger partial charge < -0.3 is 15.4 Å². The lowest BCUT2D eigenvalue weighted by Crippen LogP contribution is -2.26. The zero-order chi connectivity index (χ0) is 15.0. The third kappa shape index (κ3) is 5.21. The number of aryl methyl sites for hydroxylation is 1. The minimum atomic E-state index is -0.586. The predicted molar refractivity (Wildman–Crippen MR) is 74.5 cm³/mol. The molecule has 7 heteroatoms. The fourth-order valence-corrected chi connectivity index (χ4v) is 1.50. The summed E-state index contributed by atoms with van der Waals surface area (Å²) in [5, 5.41) is 5.78. The van der Waals surface area contributed by atoms with Crippen LogP contribution in [0, 0.1) is 6.92 Å². The minimum Gasteiger partial charge on any atom is -0.463 e. The van der Waals surface area contributed by atoms with E-state index in [2.05, 4.69) is 25.3 Å². The smallest absolute Gasteiger partial charge is 0.376 e. The lowest BCUT2D eigenvalue weighted by molar-refractivity contribution is -0.120. The van der Waals surface area contributed by atoms with Gasteiger partial charge >= 0.3 is 5.97 Å². The Kier molecular flexibility index (Phi) is 6.42. The fraction of sp³-hybridized carbons (Fsp3) is 0.538. The van der Waals surface area contributed by atoms with E-state index < -0.39 is 5.97 Å². The summed E-state index contributed by atoms with van der Waals surface area (Å²) in [7, 11) is 1.28. The molecule has 0 spiro atoms. The van der Waals surface area contributed by atoms with Crippen molar-refractivity contribution in [2.75, 3.05) is 25.5 Å². The summed E-state index contributed by atoms with van der Waals surface area (Å²) < 4.78 is 4.58. The topological polar surface area (TPSA) is 93.2 Å². The Hall–Kier alpha value is -2.18. The maximum absolute atomic E-state index is 11.4. The normalized spacial score (nSPS) is 9.95. The second-order valence-electron chi connectivity index (χ2n) is 4.24. The maximum atomic E-state index is 11.4. The van der Waals surface area contributed by atoms with Crippen LogP contribution in [0.1, 0.15) is 36.1 Å². The summed E-state index contributed by atoms with van der Waals surface area (Å²) in [5.74, 6) is -0.0950. The molecule has 0 saturated heterocycles. The molecule has 110 valence electrons. The molecule has 0 saturated carbocycles. The van der Waals surface area contributed by atoms with Crippen molar-refractivity contribution in [1.29, 1.82) is 0 Å². The number of carbonyl (C=O) groups excluding carboxylic acids is 2. The number of carbonyl (C=O) groups is 2. The summed E-state index contributed by atoms with van der Waals surface area (Å²) in [5.41, 5.74) is 0.651. The number of amides is 1. The van der Waals surface area contributed by atoms with Crippen molar-refractivity contribution < 1.29 is 14.3 Å². The number of nitrogens with one attached hydrogen (secondary N) is 2. The van der Waals surface area contributed by atoms with Gasteiger partial charge in [-0.15, -0.1) is 0 Å². The van der Waals surface area contributed by atoms with E-state index in [9.17, 15) is 9.59 Å². The summed E-state index contributed by atoms with van der Waals surface area (Å²) >= 11 is 0. The highest BCUT2D eigenvalue weighted by molar-refractivity contribution is 5.85. The summed E-state index contributed by atoms with van der Waals surface area (Å²) in [6.45, 7) is 4.87. The van der Waals surface area contributed by atoms with Crippen molar-refractivity contribution in [2.45, 2.75) is 26.7 Å². The second-order valence-corrected chi connectivity index (χ2v) is 4.24. The van der Waals surface area contributed by atoms with Crippen molar-refractivity contribution in [2.24, 2.45) is 0 Å². The lowest BCUT2D eigenvalue weighted by atomic mass is 10.3. The van der Waals surface area contributed by atoms with E-state index in [0.717, 1.165) is 6.42 Å². The van der Waals surface area contributed by atoms with Crippen molar-refractivity contribution in [3.05, 3.63) is 17.6 Å². The molecule has 7 nitrogen and oxygen atoms in total. The van der Waals surface area contributed by atoms with Crippen LogP contribution in [0.2, 0.25) is 0 Å². The first kappa shape index (κ1) is 15.9. The zero-order valence-corrected chi connectivity index (χ0v) is 12.0. The van der Waals surface area contributed by atoms with Crippen LogP contribution in [0.25, 0.3) is 0 Å². The van der Waals surface area contributed by atoms with E-state index in [0.29, 0.717) is 31.0 Å². The molecule has 1 heterocycles. The number of anilines is 1. The van der Waals surface area contributed by atoms with Crippen LogP contribution in [0.5, 0.6) is 0 Å². The van der Waals surface area contributed by atoms with Gasteiger partial charge in [-0.3, -0.25) is 4.79 Å². The Balaban J connectivity index is 2.53. The third-order valence-electron chi connectivity index (χ3n) is 2.45. The Morgan fingerprint density at radius 2 is 2.05 bits per heavy atom. The highest BCUT2D eigenvalue weighted by Gasteiger charge is 2.11. The van der Waals surface area contributed by atoms with Crippen molar-refractivity contribution in [1.82, 2.24) is 15.3 Å². The molecule has 1 aromatic heterocycles. The van der Waals surface area contributed by atoms with Crippen LogP contribution >= 0.6 is 0 Å². The molecular weight excluding hydrogens is 260 g/mol. The van der Waals surface area contributed by atoms with Gasteiger partial charge in [-0.1, -0.05) is 6.92 Å². The molecule has 2 N–H and O–H groups in total. The average Bonchev–Trinajstić information content (AvgIpc) is 2.43. The molecule has 1 amide bonds. The molecule has 0 aromatic carbocycles. The Bertz CT molecular complexity index is 477. The molecule has 1 rings (SSSR count). The maximum Gasteiger partial charge on any atom is 0.376 e. The first-order valence-corrected chi connectivity index (χ1v) is 6.51. The standard InChI is InChI=1S/C13H20N4O3/c1-4-6-15-11(18)5-7-14-10-8-9(2)16-12(17-10)13(19)20-3/h8H,4-7H2,1-3H3,(H,15,18)(H,14,16,17). The highest BCUT2D eigenvalue weighted by atomic mass is 16.5. The van der Waals surface area contributed by atoms with Crippen molar-refractivity contribution in [3.8, 4) is 0 Å². The van der Waals surface area contributed by atoms with E-state index in [4.69, 9.17) is 0 Å². The van der Waals surface area contributed by atoms with Gasteiger partial charge in [-0.05, 0) is 13.3 Å². The van der Waals surface area contributed by atoms with Gasteiger partial charge in [0.25, 0.3) is 0 Å². The van der Waals surface area contributed by atoms with Crippen LogP contribution < -0.4 is 10.6 Å². The number of aromatic nitrogens is 2. The van der Waals surface area contributed by atoms with E-state index in [-0.39, 0.29) is 11.7 Å². The van der Waals surface area contributed by atoms with Gasteiger partial charge in [0.15, 0.2) is 0 Å². The van der Waals surface area contributed by atoms with Gasteiger partial charge in [-0.2, -0.15) is 0 Å². The largest absolute Gasteiger partial charge is 0.463 e. The number of methoxy groups -OCH3 is 1. The molecule has 0 unspecified atom stereocenters. The van der Waals surface area contributed by atoms with Crippen LogP contribution in [-0.4, -0.2) is 42.0 Å². The number of esters is 1. The van der Waals surface area contributed by atoms with Crippen LogP contribution in [0.4, 0.5) is 5.82 Å². The Labute approximate surface area is 118 Å². The fourth-order valence-electron chi connectivity index (χ4n) is 1.50. The van der Waals surface area contributed by atoms with Crippen molar-refractivity contribution in [3.63, 3.8) is 0 Å². The molecule has 0 aliphatic rings. The van der Waals surface area contributed by atoms with E-state index in [1.54, 1.807) is 13.0 Å². The van der Waals surface area contributed by atoms with Crippen molar-refractivity contribution >= 4 is 17.7 Å². The summed E-state index contributed by atoms with van der Waals surface area (Å²) in [6, 6.07) is 1.70. The quantitative estimate of drug-likeness (QED) is 0.721. The number of rotatable bonds is 7. The van der Waals surface area contributed by atoms with Crippen LogP contribution in [-0.2, 0) is 9.53 Å². The molecule has 0 aliphatic carbocycles. The van der Waals surface area contributed by atoms with Gasteiger partial charge in [0.1, 0.15) is 5.82 Å². The minimum absolute atomic E-state index is 0.00503. The number of ether oxygens (including phenoxy) is 1. The molecule has 0 aliphatic heterocycles. The number of hydrogen-bond acceptors (Lipinski definition) is 6. The highest BCUT2D eigenvalue weighted by Crippen LogP contribution is 2.07. The number of hydrogen-bond donors (Lipinski definition) is 2. The Morgan fingerprint density at radius 1 is 1.30 bits per heavy atom. The molecule has 0 atom stereocenters. The van der Waals surface area contributed by atoms with Gasteiger partial charge in [0.2, 0.25) is 11.7 Å². The van der Waals surface area contributed by atoms with Crippen LogP contribution in [0.15, 0.2) is 6.07 Å². The molecule has 0 bridgehead atoms. The van der Waals surface area contributed by atoms with Gasteiger partial charge in [-0.25, -0.2) is 14.8 Å². The first-order chi connectivity index (χ1) is 9.56. The first-order valence-electron chi connectivity index (χ1n) is 6.51. The number of nitrogens with zero attached hydrogens (tertiary/aromatic N) is 2. The van der Waals surface area contributed by atoms with E-state index in [1.165, 1.54) is 7.11 Å². The van der Waals surface area contributed by atoms with Gasteiger partial charge in [0.05, 0.1) is 7.11 Å². The molecule has 1 aromatic rings. The summed E-state index contributed by atoms with van der Waals surface area (Å²) in [6.07, 6.45) is 1.25. The molecule has 0 fully saturated rings. The molecular formula is C13H20N4O3.